The fourth-order valence-corrected chi connectivity index (χ4v) is 4.98. The third-order valence-corrected chi connectivity index (χ3v) is 6.54. The summed E-state index contributed by atoms with van der Waals surface area (Å²) in [6.07, 6.45) is 0. The molecule has 36 heavy (non-hydrogen) atoms. The van der Waals surface area contributed by atoms with Gasteiger partial charge in [0.2, 0.25) is 0 Å². The molecule has 1 aliphatic rings. The summed E-state index contributed by atoms with van der Waals surface area (Å²) in [5, 5.41) is 18.8. The number of hydrogen-bond donors (Lipinski definition) is 3. The molecule has 0 saturated carbocycles. The van der Waals surface area contributed by atoms with Crippen LogP contribution in [0.15, 0.2) is 101 Å². The second kappa shape index (κ2) is 10.3. The van der Waals surface area contributed by atoms with E-state index in [-0.39, 0.29) is 16.6 Å². The van der Waals surface area contributed by atoms with Crippen LogP contribution in [-0.2, 0) is 10.1 Å². The molecule has 5 rings (SSSR count). The van der Waals surface area contributed by atoms with Crippen molar-refractivity contribution in [3.05, 3.63) is 96.6 Å². The summed E-state index contributed by atoms with van der Waals surface area (Å²) in [6, 6.07) is 27.6. The van der Waals surface area contributed by atoms with Crippen LogP contribution in [0.4, 0.5) is 11.4 Å². The predicted octanol–water partition coefficient (Wildman–Crippen LogP) is 5.68. The molecule has 4 aromatic rings. The first kappa shape index (κ1) is 25.0. The third kappa shape index (κ3) is 5.42. The number of para-hydroxylation sites is 1. The Morgan fingerprint density at radius 3 is 2.11 bits per heavy atom. The van der Waals surface area contributed by atoms with Gasteiger partial charge >= 0.3 is 0 Å². The Bertz CT molecular complexity index is 1490. The molecular weight excluding hydrogens is 476 g/mol. The zero-order valence-electron chi connectivity index (χ0n) is 20.2. The SMILES string of the molecule is CC(C)c1ccc2ccccc2c1S(=O)(=O)O.CC1=NN(c2ccccc2)N(c2ccc(O)cc2)N1. The summed E-state index contributed by atoms with van der Waals surface area (Å²) < 4.78 is 32.4. The number of nitrogens with zero attached hydrogens (tertiary/aromatic N) is 3. The average molecular weight is 505 g/mol. The number of nitrogens with one attached hydrogen (secondary N) is 1. The van der Waals surface area contributed by atoms with Crippen molar-refractivity contribution in [2.75, 3.05) is 10.2 Å². The van der Waals surface area contributed by atoms with Crippen LogP contribution < -0.4 is 15.7 Å². The molecule has 0 fully saturated rings. The van der Waals surface area contributed by atoms with Crippen molar-refractivity contribution in [2.24, 2.45) is 5.10 Å². The highest BCUT2D eigenvalue weighted by atomic mass is 32.2. The van der Waals surface area contributed by atoms with E-state index in [1.807, 2.05) is 86.6 Å². The second-order valence-corrected chi connectivity index (χ2v) is 9.94. The van der Waals surface area contributed by atoms with Crippen molar-refractivity contribution in [1.29, 1.82) is 0 Å². The fourth-order valence-electron chi connectivity index (χ4n) is 3.91. The predicted molar refractivity (Wildman–Crippen MR) is 144 cm³/mol. The van der Waals surface area contributed by atoms with Gasteiger partial charge in [0, 0.05) is 5.39 Å². The molecule has 0 atom stereocenters. The van der Waals surface area contributed by atoms with E-state index in [0.29, 0.717) is 10.9 Å². The Hall–Kier alpha value is -4.08. The van der Waals surface area contributed by atoms with Gasteiger partial charge in [0.05, 0.1) is 11.4 Å². The maximum atomic E-state index is 11.5. The normalized spacial score (nSPS) is 13.3. The number of rotatable bonds is 4. The van der Waals surface area contributed by atoms with Crippen molar-refractivity contribution in [1.82, 2.24) is 5.43 Å². The molecule has 0 aromatic heterocycles. The summed E-state index contributed by atoms with van der Waals surface area (Å²) in [7, 11) is -4.21. The Morgan fingerprint density at radius 1 is 0.833 bits per heavy atom. The van der Waals surface area contributed by atoms with Gasteiger partial charge in [-0.2, -0.15) is 18.7 Å². The standard InChI is InChI=1S/C14H14N4O.C13H14O3S/c1-11-15-17(12-5-3-2-4-6-12)18(16-11)13-7-9-14(19)10-8-13;1-9(2)11-8-7-10-5-3-4-6-12(10)13(11)17(14,15)16/h2-10,19H,1H3,(H,15,16);3-9H,1-2H3,(H,14,15,16). The molecule has 0 amide bonds. The lowest BCUT2D eigenvalue weighted by atomic mass is 9.99. The number of phenols is 1. The van der Waals surface area contributed by atoms with Gasteiger partial charge < -0.3 is 5.11 Å². The van der Waals surface area contributed by atoms with Crippen LogP contribution in [0, 0.1) is 0 Å². The largest absolute Gasteiger partial charge is 0.508 e. The number of fused-ring (bicyclic) bond motifs is 1. The molecule has 1 heterocycles. The van der Waals surface area contributed by atoms with Crippen LogP contribution in [-0.4, -0.2) is 23.9 Å². The smallest absolute Gasteiger partial charge is 0.295 e. The number of aromatic hydroxyl groups is 1. The second-order valence-electron chi connectivity index (χ2n) is 8.59. The Morgan fingerprint density at radius 2 is 1.47 bits per heavy atom. The number of phenolic OH excluding ortho intramolecular Hbond substituents is 1. The first-order valence-corrected chi connectivity index (χ1v) is 12.8. The van der Waals surface area contributed by atoms with E-state index in [4.69, 9.17) is 0 Å². The monoisotopic (exact) mass is 504 g/mol. The molecule has 0 unspecified atom stereocenters. The Kier molecular flexibility index (Phi) is 7.14. The number of benzene rings is 4. The maximum absolute atomic E-state index is 11.5. The summed E-state index contributed by atoms with van der Waals surface area (Å²) in [5.41, 5.74) is 5.66. The van der Waals surface area contributed by atoms with Crippen molar-refractivity contribution in [2.45, 2.75) is 31.6 Å². The molecule has 3 N–H and O–H groups in total. The van der Waals surface area contributed by atoms with E-state index in [1.54, 1.807) is 35.4 Å². The summed E-state index contributed by atoms with van der Waals surface area (Å²) in [5.74, 6) is 1.08. The Balaban J connectivity index is 0.000000170. The van der Waals surface area contributed by atoms with Gasteiger partial charge in [-0.1, -0.05) is 68.4 Å². The van der Waals surface area contributed by atoms with Crippen LogP contribution >= 0.6 is 0 Å². The lowest BCUT2D eigenvalue weighted by Crippen LogP contribution is -2.44. The minimum atomic E-state index is -4.21. The lowest BCUT2D eigenvalue weighted by molar-refractivity contribution is 0.475. The topological polar surface area (TPSA) is 105 Å². The van der Waals surface area contributed by atoms with Crippen LogP contribution in [0.2, 0.25) is 0 Å². The first-order chi connectivity index (χ1) is 17.1. The number of anilines is 2. The van der Waals surface area contributed by atoms with Crippen molar-refractivity contribution >= 4 is 38.1 Å². The molecule has 8 nitrogen and oxygen atoms in total. The fraction of sp³-hybridized carbons (Fsp3) is 0.148. The van der Waals surface area contributed by atoms with Crippen LogP contribution in [0.25, 0.3) is 10.8 Å². The van der Waals surface area contributed by atoms with Crippen LogP contribution in [0.1, 0.15) is 32.3 Å². The lowest BCUT2D eigenvalue weighted by Gasteiger charge is -2.27. The quantitative estimate of drug-likeness (QED) is 0.307. The number of hydrazine groups is 2. The first-order valence-electron chi connectivity index (χ1n) is 11.4. The molecular formula is C27H28N4O4S. The van der Waals surface area contributed by atoms with Crippen molar-refractivity contribution in [3.63, 3.8) is 0 Å². The van der Waals surface area contributed by atoms with E-state index in [0.717, 1.165) is 22.6 Å². The molecule has 4 aromatic carbocycles. The van der Waals surface area contributed by atoms with Crippen molar-refractivity contribution < 1.29 is 18.1 Å². The van der Waals surface area contributed by atoms with E-state index >= 15 is 0 Å². The number of amidine groups is 1. The number of hydrogen-bond acceptors (Lipinski definition) is 7. The minimum absolute atomic E-state index is 0.0330. The zero-order chi connectivity index (χ0) is 25.9. The van der Waals surface area contributed by atoms with Gasteiger partial charge in [-0.25, -0.2) is 0 Å². The summed E-state index contributed by atoms with van der Waals surface area (Å²) in [6.45, 7) is 5.70. The molecule has 9 heteroatoms. The minimum Gasteiger partial charge on any atom is -0.508 e. The van der Waals surface area contributed by atoms with Gasteiger partial charge in [-0.3, -0.25) is 9.98 Å². The Labute approximate surface area is 210 Å². The van der Waals surface area contributed by atoms with E-state index in [1.165, 1.54) is 0 Å². The summed E-state index contributed by atoms with van der Waals surface area (Å²) in [4.78, 5) is 0.0330. The van der Waals surface area contributed by atoms with E-state index in [9.17, 15) is 18.1 Å². The molecule has 0 spiro atoms. The third-order valence-electron chi connectivity index (χ3n) is 5.57. The van der Waals surface area contributed by atoms with Gasteiger partial charge in [0.15, 0.2) is 0 Å². The van der Waals surface area contributed by atoms with E-state index < -0.39 is 10.1 Å². The maximum Gasteiger partial charge on any atom is 0.295 e. The molecule has 186 valence electrons. The summed E-state index contributed by atoms with van der Waals surface area (Å²) >= 11 is 0. The van der Waals surface area contributed by atoms with E-state index in [2.05, 4.69) is 10.5 Å². The molecule has 0 aliphatic carbocycles. The number of hydrazone groups is 1. The molecule has 0 saturated heterocycles. The van der Waals surface area contributed by atoms with Crippen LogP contribution in [0.5, 0.6) is 5.75 Å². The van der Waals surface area contributed by atoms with Crippen LogP contribution in [0.3, 0.4) is 0 Å². The van der Waals surface area contributed by atoms with Crippen molar-refractivity contribution in [3.8, 4) is 5.75 Å². The highest BCUT2D eigenvalue weighted by Crippen LogP contribution is 2.31. The highest BCUT2D eigenvalue weighted by molar-refractivity contribution is 7.86. The van der Waals surface area contributed by atoms with Gasteiger partial charge in [0.1, 0.15) is 16.5 Å². The van der Waals surface area contributed by atoms with Gasteiger partial charge in [0.25, 0.3) is 10.1 Å². The molecule has 0 radical (unpaired) electrons. The molecule has 1 aliphatic heterocycles. The molecule has 0 bridgehead atoms. The van der Waals surface area contributed by atoms with Gasteiger partial charge in [-0.05, 0) is 60.2 Å². The highest BCUT2D eigenvalue weighted by Gasteiger charge is 2.23. The van der Waals surface area contributed by atoms with Gasteiger partial charge in [-0.15, -0.1) is 5.10 Å². The zero-order valence-corrected chi connectivity index (χ0v) is 21.0. The average Bonchev–Trinajstić information content (AvgIpc) is 3.25.